The van der Waals surface area contributed by atoms with Gasteiger partial charge >= 0.3 is 0 Å². The van der Waals surface area contributed by atoms with Gasteiger partial charge in [0.15, 0.2) is 0 Å². The Morgan fingerprint density at radius 1 is 1.00 bits per heavy atom. The Morgan fingerprint density at radius 3 is 2.00 bits per heavy atom. The smallest absolute Gasteiger partial charge is 0.00723 e. The normalized spacial score (nSPS) is 17.8. The molecule has 0 aliphatic carbocycles. The first-order valence-electron chi connectivity index (χ1n) is 7.54. The van der Waals surface area contributed by atoms with Crippen LogP contribution in [0, 0.1) is 17.3 Å². The summed E-state index contributed by atoms with van der Waals surface area (Å²) in [5.41, 5.74) is 0.432. The van der Waals surface area contributed by atoms with Crippen molar-refractivity contribution in [3.63, 3.8) is 0 Å². The standard InChI is InChI=1S/C16H35N/c1-8-10-17-15(11-13(3)9-2)12-14(4)16(5,6)7/h13-15,17H,8-12H2,1-7H3. The van der Waals surface area contributed by atoms with Gasteiger partial charge in [-0.1, -0.05) is 54.9 Å². The van der Waals surface area contributed by atoms with Crippen LogP contribution < -0.4 is 5.32 Å². The highest BCUT2D eigenvalue weighted by atomic mass is 14.9. The molecule has 17 heavy (non-hydrogen) atoms. The SMILES string of the molecule is CCCNC(CC(C)CC)CC(C)C(C)(C)C. The number of nitrogens with one attached hydrogen (secondary N) is 1. The lowest BCUT2D eigenvalue weighted by molar-refractivity contribution is 0.211. The number of hydrogen-bond acceptors (Lipinski definition) is 1. The van der Waals surface area contributed by atoms with Crippen LogP contribution in [0.3, 0.4) is 0 Å². The van der Waals surface area contributed by atoms with E-state index in [0.717, 1.165) is 18.4 Å². The molecule has 0 saturated heterocycles. The van der Waals surface area contributed by atoms with Crippen LogP contribution in [0.1, 0.15) is 74.1 Å². The van der Waals surface area contributed by atoms with E-state index in [-0.39, 0.29) is 0 Å². The molecule has 0 aliphatic heterocycles. The van der Waals surface area contributed by atoms with E-state index in [9.17, 15) is 0 Å². The van der Waals surface area contributed by atoms with Gasteiger partial charge in [0.25, 0.3) is 0 Å². The Kier molecular flexibility index (Phi) is 8.11. The van der Waals surface area contributed by atoms with E-state index in [1.807, 2.05) is 0 Å². The Bertz CT molecular complexity index is 180. The molecule has 0 radical (unpaired) electrons. The summed E-state index contributed by atoms with van der Waals surface area (Å²) < 4.78 is 0. The molecule has 104 valence electrons. The summed E-state index contributed by atoms with van der Waals surface area (Å²) in [6.45, 7) is 17.6. The fourth-order valence-electron chi connectivity index (χ4n) is 2.04. The zero-order valence-electron chi connectivity index (χ0n) is 13.3. The lowest BCUT2D eigenvalue weighted by atomic mass is 9.77. The fourth-order valence-corrected chi connectivity index (χ4v) is 2.04. The van der Waals surface area contributed by atoms with Crippen molar-refractivity contribution in [1.82, 2.24) is 5.32 Å². The molecule has 0 aromatic carbocycles. The monoisotopic (exact) mass is 241 g/mol. The summed E-state index contributed by atoms with van der Waals surface area (Å²) >= 11 is 0. The van der Waals surface area contributed by atoms with Crippen molar-refractivity contribution >= 4 is 0 Å². The zero-order chi connectivity index (χ0) is 13.5. The van der Waals surface area contributed by atoms with E-state index >= 15 is 0 Å². The first kappa shape index (κ1) is 17.0. The minimum Gasteiger partial charge on any atom is -0.314 e. The van der Waals surface area contributed by atoms with E-state index < -0.39 is 0 Å². The molecule has 0 heterocycles. The molecular weight excluding hydrogens is 206 g/mol. The predicted molar refractivity (Wildman–Crippen MR) is 79.4 cm³/mol. The van der Waals surface area contributed by atoms with E-state index in [0.29, 0.717) is 11.5 Å². The van der Waals surface area contributed by atoms with Gasteiger partial charge < -0.3 is 5.32 Å². The molecule has 1 N–H and O–H groups in total. The van der Waals surface area contributed by atoms with E-state index in [1.54, 1.807) is 0 Å². The van der Waals surface area contributed by atoms with Gasteiger partial charge in [0.2, 0.25) is 0 Å². The number of rotatable bonds is 8. The molecule has 0 fully saturated rings. The van der Waals surface area contributed by atoms with E-state index in [2.05, 4.69) is 53.8 Å². The topological polar surface area (TPSA) is 12.0 Å². The van der Waals surface area contributed by atoms with Gasteiger partial charge in [-0.2, -0.15) is 0 Å². The van der Waals surface area contributed by atoms with Crippen molar-refractivity contribution in [3.05, 3.63) is 0 Å². The zero-order valence-corrected chi connectivity index (χ0v) is 13.3. The first-order chi connectivity index (χ1) is 7.81. The van der Waals surface area contributed by atoms with Gasteiger partial charge in [0.1, 0.15) is 0 Å². The van der Waals surface area contributed by atoms with Gasteiger partial charge in [-0.15, -0.1) is 0 Å². The van der Waals surface area contributed by atoms with Gasteiger partial charge in [-0.3, -0.25) is 0 Å². The molecule has 0 saturated carbocycles. The molecule has 3 unspecified atom stereocenters. The number of hydrogen-bond donors (Lipinski definition) is 1. The minimum absolute atomic E-state index is 0.432. The Hall–Kier alpha value is -0.0400. The van der Waals surface area contributed by atoms with Crippen molar-refractivity contribution < 1.29 is 0 Å². The molecular formula is C16H35N. The van der Waals surface area contributed by atoms with Crippen LogP contribution in [0.5, 0.6) is 0 Å². The third kappa shape index (κ3) is 7.81. The van der Waals surface area contributed by atoms with Crippen LogP contribution in [0.15, 0.2) is 0 Å². The lowest BCUT2D eigenvalue weighted by Gasteiger charge is -2.32. The van der Waals surface area contributed by atoms with Gasteiger partial charge in [-0.05, 0) is 43.1 Å². The highest BCUT2D eigenvalue weighted by molar-refractivity contribution is 4.78. The lowest BCUT2D eigenvalue weighted by Crippen LogP contribution is -2.35. The highest BCUT2D eigenvalue weighted by Gasteiger charge is 2.23. The molecule has 0 aliphatic rings. The maximum atomic E-state index is 3.74. The van der Waals surface area contributed by atoms with Crippen molar-refractivity contribution in [2.75, 3.05) is 6.54 Å². The molecule has 0 aromatic rings. The Labute approximate surface area is 110 Å². The van der Waals surface area contributed by atoms with Crippen LogP contribution in [0.25, 0.3) is 0 Å². The molecule has 0 rings (SSSR count). The summed E-state index contributed by atoms with van der Waals surface area (Å²) in [5.74, 6) is 1.62. The Morgan fingerprint density at radius 2 is 1.59 bits per heavy atom. The summed E-state index contributed by atoms with van der Waals surface area (Å²) in [5, 5.41) is 3.74. The van der Waals surface area contributed by atoms with Crippen LogP contribution in [0.2, 0.25) is 0 Å². The third-order valence-electron chi connectivity index (χ3n) is 4.18. The molecule has 0 amide bonds. The largest absolute Gasteiger partial charge is 0.314 e. The second-order valence-electron chi connectivity index (χ2n) is 6.90. The van der Waals surface area contributed by atoms with Gasteiger partial charge in [0, 0.05) is 6.04 Å². The molecule has 0 aromatic heterocycles. The predicted octanol–water partition coefficient (Wildman–Crippen LogP) is 4.86. The van der Waals surface area contributed by atoms with Crippen molar-refractivity contribution in [2.45, 2.75) is 80.2 Å². The summed E-state index contributed by atoms with van der Waals surface area (Å²) in [4.78, 5) is 0. The fraction of sp³-hybridized carbons (Fsp3) is 1.00. The average molecular weight is 241 g/mol. The van der Waals surface area contributed by atoms with Gasteiger partial charge in [-0.25, -0.2) is 0 Å². The molecule has 0 spiro atoms. The third-order valence-corrected chi connectivity index (χ3v) is 4.18. The molecule has 3 atom stereocenters. The highest BCUT2D eigenvalue weighted by Crippen LogP contribution is 2.30. The quantitative estimate of drug-likeness (QED) is 0.639. The van der Waals surface area contributed by atoms with E-state index in [4.69, 9.17) is 0 Å². The molecule has 1 heteroatoms. The average Bonchev–Trinajstić information content (AvgIpc) is 2.24. The van der Waals surface area contributed by atoms with Crippen LogP contribution in [-0.4, -0.2) is 12.6 Å². The van der Waals surface area contributed by atoms with Gasteiger partial charge in [0.05, 0.1) is 0 Å². The maximum Gasteiger partial charge on any atom is 0.00723 e. The summed E-state index contributed by atoms with van der Waals surface area (Å²) in [7, 11) is 0. The minimum atomic E-state index is 0.432. The summed E-state index contributed by atoms with van der Waals surface area (Å²) in [6, 6.07) is 0.708. The maximum absolute atomic E-state index is 3.74. The second kappa shape index (κ2) is 8.13. The van der Waals surface area contributed by atoms with Crippen LogP contribution in [0.4, 0.5) is 0 Å². The van der Waals surface area contributed by atoms with Crippen molar-refractivity contribution in [1.29, 1.82) is 0 Å². The second-order valence-corrected chi connectivity index (χ2v) is 6.90. The molecule has 1 nitrogen and oxygen atoms in total. The molecule has 0 bridgehead atoms. The van der Waals surface area contributed by atoms with Crippen LogP contribution in [-0.2, 0) is 0 Å². The van der Waals surface area contributed by atoms with Crippen molar-refractivity contribution in [3.8, 4) is 0 Å². The summed E-state index contributed by atoms with van der Waals surface area (Å²) in [6.07, 6.45) is 5.18. The van der Waals surface area contributed by atoms with E-state index in [1.165, 1.54) is 25.7 Å². The Balaban J connectivity index is 4.27. The van der Waals surface area contributed by atoms with Crippen LogP contribution >= 0.6 is 0 Å². The van der Waals surface area contributed by atoms with Crippen molar-refractivity contribution in [2.24, 2.45) is 17.3 Å². The first-order valence-corrected chi connectivity index (χ1v) is 7.54.